The van der Waals surface area contributed by atoms with Gasteiger partial charge in [-0.1, -0.05) is 42.5 Å². The summed E-state index contributed by atoms with van der Waals surface area (Å²) in [6.45, 7) is 3.64. The number of rotatable bonds is 12. The van der Waals surface area contributed by atoms with Crippen LogP contribution in [0.25, 0.3) is 17.1 Å². The summed E-state index contributed by atoms with van der Waals surface area (Å²) in [6, 6.07) is 21.1. The summed E-state index contributed by atoms with van der Waals surface area (Å²) in [6.07, 6.45) is 5.78. The van der Waals surface area contributed by atoms with Crippen LogP contribution in [0.2, 0.25) is 0 Å². The molecular formula is C30H33N3O4. The van der Waals surface area contributed by atoms with Crippen molar-refractivity contribution in [1.82, 2.24) is 14.9 Å². The number of hydrogen-bond acceptors (Lipinski definition) is 5. The van der Waals surface area contributed by atoms with E-state index >= 15 is 0 Å². The van der Waals surface area contributed by atoms with Crippen LogP contribution in [-0.2, 0) is 13.1 Å². The van der Waals surface area contributed by atoms with Crippen molar-refractivity contribution in [3.8, 4) is 17.2 Å². The van der Waals surface area contributed by atoms with Crippen molar-refractivity contribution < 1.29 is 19.0 Å². The van der Waals surface area contributed by atoms with Gasteiger partial charge in [-0.25, -0.2) is 4.98 Å². The van der Waals surface area contributed by atoms with E-state index < -0.39 is 0 Å². The molecule has 0 spiro atoms. The molecule has 0 fully saturated rings. The largest absolute Gasteiger partial charge is 0.496 e. The van der Waals surface area contributed by atoms with Crippen LogP contribution < -0.4 is 19.5 Å². The number of amides is 1. The van der Waals surface area contributed by atoms with E-state index in [0.29, 0.717) is 24.5 Å². The number of fused-ring (bicyclic) bond motifs is 1. The quantitative estimate of drug-likeness (QED) is 0.247. The second kappa shape index (κ2) is 12.6. The average molecular weight is 500 g/mol. The Morgan fingerprint density at radius 1 is 0.946 bits per heavy atom. The highest BCUT2D eigenvalue weighted by Crippen LogP contribution is 2.29. The van der Waals surface area contributed by atoms with E-state index in [1.165, 1.54) is 0 Å². The van der Waals surface area contributed by atoms with Gasteiger partial charge in [0.05, 0.1) is 44.0 Å². The molecule has 0 saturated carbocycles. The Morgan fingerprint density at radius 3 is 2.54 bits per heavy atom. The van der Waals surface area contributed by atoms with Crippen molar-refractivity contribution in [2.75, 3.05) is 20.8 Å². The van der Waals surface area contributed by atoms with Gasteiger partial charge in [-0.15, -0.1) is 0 Å². The number of hydrogen-bond donors (Lipinski definition) is 1. The van der Waals surface area contributed by atoms with Crippen LogP contribution in [-0.4, -0.2) is 36.3 Å². The summed E-state index contributed by atoms with van der Waals surface area (Å²) in [7, 11) is 3.21. The van der Waals surface area contributed by atoms with Gasteiger partial charge >= 0.3 is 0 Å². The number of methoxy groups -OCH3 is 2. The Kier molecular flexibility index (Phi) is 8.81. The molecule has 7 nitrogen and oxygen atoms in total. The van der Waals surface area contributed by atoms with Crippen LogP contribution >= 0.6 is 0 Å². The Bertz CT molecular complexity index is 1380. The van der Waals surface area contributed by atoms with Gasteiger partial charge in [0.15, 0.2) is 11.5 Å². The van der Waals surface area contributed by atoms with E-state index in [1.807, 2.05) is 67.6 Å². The third kappa shape index (κ3) is 6.30. The van der Waals surface area contributed by atoms with Crippen molar-refractivity contribution in [1.29, 1.82) is 0 Å². The number of benzene rings is 3. The summed E-state index contributed by atoms with van der Waals surface area (Å²) in [5, 5.41) is 2.99. The molecule has 4 aromatic rings. The van der Waals surface area contributed by atoms with Crippen LogP contribution in [0.3, 0.4) is 0 Å². The standard InChI is InChI=1S/C30H33N3O4/c1-4-11-22-16-17-27(28(20-22)36-3)37-19-10-9-18-33-25-14-7-6-13-24(25)32-29(33)21-31-30(34)23-12-5-8-15-26(23)35-2/h4-8,11-17,20H,9-10,18-19,21H2,1-3H3,(H,31,34)/b11-4+. The maximum atomic E-state index is 12.8. The summed E-state index contributed by atoms with van der Waals surface area (Å²) < 4.78 is 19.0. The van der Waals surface area contributed by atoms with Gasteiger partial charge in [0.2, 0.25) is 0 Å². The second-order valence-electron chi connectivity index (χ2n) is 8.52. The van der Waals surface area contributed by atoms with Gasteiger partial charge in [0.25, 0.3) is 5.91 Å². The van der Waals surface area contributed by atoms with Gasteiger partial charge in [-0.05, 0) is 61.7 Å². The number of carbonyl (C=O) groups excluding carboxylic acids is 1. The average Bonchev–Trinajstić information content (AvgIpc) is 3.29. The zero-order valence-corrected chi connectivity index (χ0v) is 21.6. The number of ether oxygens (including phenoxy) is 3. The molecule has 1 heterocycles. The van der Waals surface area contributed by atoms with Crippen molar-refractivity contribution in [2.24, 2.45) is 0 Å². The number of aromatic nitrogens is 2. The molecule has 37 heavy (non-hydrogen) atoms. The summed E-state index contributed by atoms with van der Waals surface area (Å²) in [4.78, 5) is 17.6. The Morgan fingerprint density at radius 2 is 1.73 bits per heavy atom. The molecule has 0 unspecified atom stereocenters. The normalized spacial score (nSPS) is 11.1. The van der Waals surface area contributed by atoms with Crippen LogP contribution in [0, 0.1) is 0 Å². The summed E-state index contributed by atoms with van der Waals surface area (Å²) in [5.74, 6) is 2.62. The first-order chi connectivity index (χ1) is 18.1. The van der Waals surface area contributed by atoms with Crippen LogP contribution in [0.15, 0.2) is 72.8 Å². The lowest BCUT2D eigenvalue weighted by molar-refractivity contribution is 0.0946. The number of imidazole rings is 1. The first-order valence-corrected chi connectivity index (χ1v) is 12.4. The Balaban J connectivity index is 1.38. The highest BCUT2D eigenvalue weighted by atomic mass is 16.5. The minimum absolute atomic E-state index is 0.196. The van der Waals surface area contributed by atoms with Gasteiger partial charge in [0, 0.05) is 6.54 Å². The topological polar surface area (TPSA) is 74.6 Å². The first kappa shape index (κ1) is 25.8. The molecular weight excluding hydrogens is 466 g/mol. The lowest BCUT2D eigenvalue weighted by Gasteiger charge is -2.13. The first-order valence-electron chi connectivity index (χ1n) is 12.4. The third-order valence-electron chi connectivity index (χ3n) is 6.07. The maximum Gasteiger partial charge on any atom is 0.255 e. The fourth-order valence-corrected chi connectivity index (χ4v) is 4.25. The smallest absolute Gasteiger partial charge is 0.255 e. The maximum absolute atomic E-state index is 12.8. The summed E-state index contributed by atoms with van der Waals surface area (Å²) in [5.41, 5.74) is 3.53. The molecule has 1 aromatic heterocycles. The predicted octanol–water partition coefficient (Wildman–Crippen LogP) is 5.88. The summed E-state index contributed by atoms with van der Waals surface area (Å²) >= 11 is 0. The molecule has 1 N–H and O–H groups in total. The number of unbranched alkanes of at least 4 members (excludes halogenated alkanes) is 1. The zero-order valence-electron chi connectivity index (χ0n) is 21.6. The number of aryl methyl sites for hydroxylation is 1. The van der Waals surface area contributed by atoms with E-state index in [0.717, 1.165) is 53.3 Å². The van der Waals surface area contributed by atoms with Gasteiger partial charge in [-0.2, -0.15) is 0 Å². The highest BCUT2D eigenvalue weighted by molar-refractivity contribution is 5.96. The van der Waals surface area contributed by atoms with Crippen LogP contribution in [0.4, 0.5) is 0 Å². The molecule has 0 saturated heterocycles. The van der Waals surface area contributed by atoms with Gasteiger partial charge in [-0.3, -0.25) is 4.79 Å². The third-order valence-corrected chi connectivity index (χ3v) is 6.07. The number of carbonyl (C=O) groups is 1. The molecule has 0 aliphatic heterocycles. The van der Waals surface area contributed by atoms with Crippen molar-refractivity contribution in [3.63, 3.8) is 0 Å². The fourth-order valence-electron chi connectivity index (χ4n) is 4.25. The molecule has 7 heteroatoms. The van der Waals surface area contributed by atoms with Crippen molar-refractivity contribution in [3.05, 3.63) is 89.8 Å². The number of nitrogens with one attached hydrogen (secondary N) is 1. The SMILES string of the molecule is C/C=C/c1ccc(OCCCCn2c(CNC(=O)c3ccccc3OC)nc3ccccc32)c(OC)c1. The minimum Gasteiger partial charge on any atom is -0.496 e. The molecule has 0 bridgehead atoms. The van der Waals surface area contributed by atoms with Crippen LogP contribution in [0.1, 0.15) is 41.5 Å². The van der Waals surface area contributed by atoms with E-state index in [2.05, 4.69) is 16.0 Å². The number of allylic oxidation sites excluding steroid dienone is 1. The fraction of sp³-hybridized carbons (Fsp3) is 0.267. The van der Waals surface area contributed by atoms with E-state index in [9.17, 15) is 4.79 Å². The molecule has 3 aromatic carbocycles. The van der Waals surface area contributed by atoms with E-state index in [-0.39, 0.29) is 5.91 Å². The predicted molar refractivity (Wildman–Crippen MR) is 146 cm³/mol. The van der Waals surface area contributed by atoms with Crippen molar-refractivity contribution in [2.45, 2.75) is 32.9 Å². The zero-order chi connectivity index (χ0) is 26.0. The van der Waals surface area contributed by atoms with Gasteiger partial charge < -0.3 is 24.1 Å². The minimum atomic E-state index is -0.196. The monoisotopic (exact) mass is 499 g/mol. The molecule has 0 aliphatic rings. The van der Waals surface area contributed by atoms with E-state index in [4.69, 9.17) is 19.2 Å². The van der Waals surface area contributed by atoms with Crippen LogP contribution in [0.5, 0.6) is 17.2 Å². The molecule has 192 valence electrons. The lowest BCUT2D eigenvalue weighted by atomic mass is 10.2. The molecule has 1 amide bonds. The molecule has 4 rings (SSSR count). The number of para-hydroxylation sites is 3. The highest BCUT2D eigenvalue weighted by Gasteiger charge is 2.15. The Hall–Kier alpha value is -4.26. The van der Waals surface area contributed by atoms with E-state index in [1.54, 1.807) is 26.4 Å². The Labute approximate surface area is 217 Å². The van der Waals surface area contributed by atoms with Gasteiger partial charge in [0.1, 0.15) is 11.6 Å². The lowest BCUT2D eigenvalue weighted by Crippen LogP contribution is -2.25. The molecule has 0 aliphatic carbocycles. The number of nitrogens with zero attached hydrogens (tertiary/aromatic N) is 2. The second-order valence-corrected chi connectivity index (χ2v) is 8.52. The molecule has 0 radical (unpaired) electrons. The molecule has 0 atom stereocenters. The van der Waals surface area contributed by atoms with Crippen molar-refractivity contribution >= 4 is 23.0 Å².